The molecule has 0 unspecified atom stereocenters. The number of nitrogens with zero attached hydrogens (tertiary/aromatic N) is 2. The summed E-state index contributed by atoms with van der Waals surface area (Å²) in [6.07, 6.45) is 0. The summed E-state index contributed by atoms with van der Waals surface area (Å²) in [6, 6.07) is 12.5. The Morgan fingerprint density at radius 3 is 2.56 bits per heavy atom. The number of para-hydroxylation sites is 1. The zero-order valence-electron chi connectivity index (χ0n) is 15.6. The van der Waals surface area contributed by atoms with E-state index in [2.05, 4.69) is 63.9 Å². The number of hydrogen-bond donors (Lipinski definition) is 1. The Hall–Kier alpha value is -1.91. The van der Waals surface area contributed by atoms with Crippen LogP contribution >= 0.6 is 11.3 Å². The number of thiazole rings is 1. The fraction of sp³-hybridized carbons (Fsp3) is 0.381. The van der Waals surface area contributed by atoms with Crippen molar-refractivity contribution in [3.8, 4) is 5.75 Å². The van der Waals surface area contributed by atoms with Crippen molar-refractivity contribution >= 4 is 21.6 Å². The van der Waals surface area contributed by atoms with E-state index in [1.54, 1.807) is 11.3 Å². The summed E-state index contributed by atoms with van der Waals surface area (Å²) in [7, 11) is 2.09. The van der Waals surface area contributed by atoms with Gasteiger partial charge < -0.3 is 5.11 Å². The topological polar surface area (TPSA) is 36.4 Å². The van der Waals surface area contributed by atoms with Crippen LogP contribution in [0.5, 0.6) is 5.75 Å². The first-order valence-corrected chi connectivity index (χ1v) is 9.56. The number of aromatic hydroxyl groups is 1. The first-order chi connectivity index (χ1) is 11.9. The van der Waals surface area contributed by atoms with Crippen LogP contribution in [0, 0.1) is 6.92 Å². The molecule has 0 bridgehead atoms. The molecule has 0 saturated carbocycles. The Bertz CT molecular complexity index is 852. The van der Waals surface area contributed by atoms with Crippen molar-refractivity contribution < 1.29 is 5.11 Å². The van der Waals surface area contributed by atoms with Gasteiger partial charge in [-0.2, -0.15) is 0 Å². The molecule has 0 aliphatic heterocycles. The Kier molecular flexibility index (Phi) is 5.11. The number of phenolic OH excluding ortho intramolecular Hbond substituents is 1. The number of benzene rings is 2. The molecule has 0 amide bonds. The molecule has 0 aliphatic rings. The van der Waals surface area contributed by atoms with Crippen LogP contribution in [0.2, 0.25) is 0 Å². The summed E-state index contributed by atoms with van der Waals surface area (Å²) >= 11 is 1.74. The van der Waals surface area contributed by atoms with Crippen LogP contribution in [0.3, 0.4) is 0 Å². The van der Waals surface area contributed by atoms with Crippen molar-refractivity contribution in [2.45, 2.75) is 46.2 Å². The first kappa shape index (κ1) is 17.9. The summed E-state index contributed by atoms with van der Waals surface area (Å²) in [5.41, 5.74) is 4.49. The maximum Gasteiger partial charge on any atom is 0.120 e. The lowest BCUT2D eigenvalue weighted by Crippen LogP contribution is -2.22. The minimum Gasteiger partial charge on any atom is -0.508 e. The van der Waals surface area contributed by atoms with Crippen molar-refractivity contribution in [2.75, 3.05) is 7.05 Å². The third-order valence-corrected chi connectivity index (χ3v) is 6.04. The van der Waals surface area contributed by atoms with E-state index >= 15 is 0 Å². The third kappa shape index (κ3) is 3.70. The summed E-state index contributed by atoms with van der Waals surface area (Å²) < 4.78 is 1.22. The Labute approximate surface area is 154 Å². The molecule has 0 aliphatic carbocycles. The van der Waals surface area contributed by atoms with Gasteiger partial charge in [-0.3, -0.25) is 4.90 Å². The lowest BCUT2D eigenvalue weighted by molar-refractivity contribution is 0.249. The van der Waals surface area contributed by atoms with E-state index < -0.39 is 0 Å². The second-order valence-corrected chi connectivity index (χ2v) is 8.17. The number of phenols is 1. The zero-order valence-corrected chi connectivity index (χ0v) is 16.4. The molecule has 0 saturated heterocycles. The van der Waals surface area contributed by atoms with E-state index in [9.17, 15) is 5.11 Å². The van der Waals surface area contributed by atoms with Crippen LogP contribution in [0.15, 0.2) is 36.4 Å². The number of hydrogen-bond acceptors (Lipinski definition) is 4. The van der Waals surface area contributed by atoms with Gasteiger partial charge in [-0.25, -0.2) is 4.98 Å². The standard InChI is InChI=1S/C21H26N2OS/c1-13(2)17-11-16(19(24)10-14(17)3)12-23(5)15(4)21-22-18-8-6-7-9-20(18)25-21/h6-11,13,15,24H,12H2,1-5H3/t15-/m0/s1. The van der Waals surface area contributed by atoms with Gasteiger partial charge in [-0.1, -0.05) is 32.0 Å². The molecule has 2 aromatic carbocycles. The average Bonchev–Trinajstić information content (AvgIpc) is 3.00. The highest BCUT2D eigenvalue weighted by Crippen LogP contribution is 2.32. The second kappa shape index (κ2) is 7.14. The fourth-order valence-electron chi connectivity index (χ4n) is 3.17. The van der Waals surface area contributed by atoms with E-state index in [0.29, 0.717) is 18.2 Å². The van der Waals surface area contributed by atoms with Gasteiger partial charge in [-0.05, 0) is 56.1 Å². The molecule has 3 rings (SSSR count). The Morgan fingerprint density at radius 2 is 1.88 bits per heavy atom. The quantitative estimate of drug-likeness (QED) is 0.645. The molecule has 0 fully saturated rings. The smallest absolute Gasteiger partial charge is 0.120 e. The van der Waals surface area contributed by atoms with Gasteiger partial charge in [0.2, 0.25) is 0 Å². The minimum absolute atomic E-state index is 0.195. The molecular weight excluding hydrogens is 328 g/mol. The van der Waals surface area contributed by atoms with Gasteiger partial charge in [0.25, 0.3) is 0 Å². The highest BCUT2D eigenvalue weighted by atomic mass is 32.1. The molecule has 3 nitrogen and oxygen atoms in total. The Balaban J connectivity index is 1.83. The summed E-state index contributed by atoms with van der Waals surface area (Å²) in [5.74, 6) is 0.830. The molecule has 1 N–H and O–H groups in total. The molecule has 1 aromatic heterocycles. The van der Waals surface area contributed by atoms with Crippen molar-refractivity contribution in [1.29, 1.82) is 0 Å². The number of aryl methyl sites for hydroxylation is 1. The van der Waals surface area contributed by atoms with E-state index in [0.717, 1.165) is 21.7 Å². The highest BCUT2D eigenvalue weighted by Gasteiger charge is 2.18. The molecule has 1 heterocycles. The molecule has 1 atom stereocenters. The number of aromatic nitrogens is 1. The maximum atomic E-state index is 10.4. The summed E-state index contributed by atoms with van der Waals surface area (Å²) in [5, 5.41) is 11.5. The molecule has 132 valence electrons. The van der Waals surface area contributed by atoms with Crippen LogP contribution in [0.1, 0.15) is 54.4 Å². The SMILES string of the molecule is Cc1cc(O)c(CN(C)[C@@H](C)c2nc3ccccc3s2)cc1C(C)C. The lowest BCUT2D eigenvalue weighted by atomic mass is 9.95. The fourth-order valence-corrected chi connectivity index (χ4v) is 4.25. The lowest BCUT2D eigenvalue weighted by Gasteiger charge is -2.24. The zero-order chi connectivity index (χ0) is 18.1. The van der Waals surface area contributed by atoms with Gasteiger partial charge in [-0.15, -0.1) is 11.3 Å². The van der Waals surface area contributed by atoms with Crippen LogP contribution in [0.25, 0.3) is 10.2 Å². The van der Waals surface area contributed by atoms with Crippen molar-refractivity contribution in [1.82, 2.24) is 9.88 Å². The van der Waals surface area contributed by atoms with E-state index in [1.165, 1.54) is 10.3 Å². The van der Waals surface area contributed by atoms with Crippen molar-refractivity contribution in [2.24, 2.45) is 0 Å². The first-order valence-electron chi connectivity index (χ1n) is 8.75. The summed E-state index contributed by atoms with van der Waals surface area (Å²) in [4.78, 5) is 7.01. The molecule has 3 aromatic rings. The summed E-state index contributed by atoms with van der Waals surface area (Å²) in [6.45, 7) is 9.31. The van der Waals surface area contributed by atoms with Crippen LogP contribution in [-0.2, 0) is 6.54 Å². The highest BCUT2D eigenvalue weighted by molar-refractivity contribution is 7.18. The molecule has 25 heavy (non-hydrogen) atoms. The molecule has 0 radical (unpaired) electrons. The van der Waals surface area contributed by atoms with Crippen LogP contribution < -0.4 is 0 Å². The van der Waals surface area contributed by atoms with Crippen LogP contribution in [-0.4, -0.2) is 22.0 Å². The monoisotopic (exact) mass is 354 g/mol. The van der Waals surface area contributed by atoms with Crippen molar-refractivity contribution in [3.05, 3.63) is 58.1 Å². The molecule has 0 spiro atoms. The molecular formula is C21H26N2OS. The van der Waals surface area contributed by atoms with Gasteiger partial charge >= 0.3 is 0 Å². The largest absolute Gasteiger partial charge is 0.508 e. The number of fused-ring (bicyclic) bond motifs is 1. The maximum absolute atomic E-state index is 10.4. The normalized spacial score (nSPS) is 13.1. The van der Waals surface area contributed by atoms with E-state index in [1.807, 2.05) is 12.1 Å². The van der Waals surface area contributed by atoms with Crippen molar-refractivity contribution in [3.63, 3.8) is 0 Å². The number of rotatable bonds is 5. The minimum atomic E-state index is 0.195. The van der Waals surface area contributed by atoms with E-state index in [-0.39, 0.29) is 6.04 Å². The van der Waals surface area contributed by atoms with Gasteiger partial charge in [0.15, 0.2) is 0 Å². The van der Waals surface area contributed by atoms with E-state index in [4.69, 9.17) is 4.98 Å². The van der Waals surface area contributed by atoms with Gasteiger partial charge in [0.05, 0.1) is 16.3 Å². The van der Waals surface area contributed by atoms with Gasteiger partial charge in [0, 0.05) is 12.1 Å². The Morgan fingerprint density at radius 1 is 1.16 bits per heavy atom. The van der Waals surface area contributed by atoms with Crippen LogP contribution in [0.4, 0.5) is 0 Å². The average molecular weight is 355 g/mol. The predicted molar refractivity (Wildman–Crippen MR) is 106 cm³/mol. The van der Waals surface area contributed by atoms with Gasteiger partial charge in [0.1, 0.15) is 10.8 Å². The predicted octanol–water partition coefficient (Wildman–Crippen LogP) is 5.63. The molecule has 4 heteroatoms. The second-order valence-electron chi connectivity index (χ2n) is 7.10. The third-order valence-electron chi connectivity index (χ3n) is 4.84.